The fourth-order valence-corrected chi connectivity index (χ4v) is 2.42. The fraction of sp³-hybridized carbons (Fsp3) is 0.500. The molecule has 1 saturated heterocycles. The maximum atomic E-state index is 5.95. The van der Waals surface area contributed by atoms with Gasteiger partial charge in [0.1, 0.15) is 0 Å². The Labute approximate surface area is 111 Å². The van der Waals surface area contributed by atoms with Crippen LogP contribution in [0.25, 0.3) is 5.65 Å². The number of anilines is 1. The molecule has 3 rings (SSSR count). The Morgan fingerprint density at radius 3 is 3.06 bits per heavy atom. The minimum atomic E-state index is 0.397. The number of hydrogen-bond donors (Lipinski definition) is 1. The van der Waals surface area contributed by atoms with Crippen LogP contribution >= 0.6 is 11.6 Å². The molecule has 0 spiro atoms. The van der Waals surface area contributed by atoms with Gasteiger partial charge in [-0.2, -0.15) is 4.98 Å². The molecule has 0 saturated carbocycles. The third kappa shape index (κ3) is 2.04. The number of nitrogens with zero attached hydrogens (tertiary/aromatic N) is 4. The van der Waals surface area contributed by atoms with Gasteiger partial charge in [0.2, 0.25) is 5.95 Å². The molecule has 2 aromatic heterocycles. The Bertz CT molecular complexity index is 567. The zero-order chi connectivity index (χ0) is 12.7. The molecule has 96 valence electrons. The molecule has 3 heterocycles. The maximum absolute atomic E-state index is 5.95. The summed E-state index contributed by atoms with van der Waals surface area (Å²) in [7, 11) is 0. The quantitative estimate of drug-likeness (QED) is 0.850. The molecule has 5 nitrogen and oxygen atoms in total. The van der Waals surface area contributed by atoms with Gasteiger partial charge in [0.15, 0.2) is 5.65 Å². The SMILES string of the molecule is CC1CN(c2nc3ccc(Cl)cn3n2)C(C)CN1. The number of aromatic nitrogens is 3. The predicted octanol–water partition coefficient (Wildman–Crippen LogP) is 1.57. The minimum Gasteiger partial charge on any atom is -0.334 e. The smallest absolute Gasteiger partial charge is 0.246 e. The molecule has 0 bridgehead atoms. The second-order valence-corrected chi connectivity index (χ2v) is 5.31. The molecule has 0 aliphatic carbocycles. The molecule has 18 heavy (non-hydrogen) atoms. The van der Waals surface area contributed by atoms with Crippen LogP contribution in [0.4, 0.5) is 5.95 Å². The van der Waals surface area contributed by atoms with Gasteiger partial charge in [0.25, 0.3) is 0 Å². The summed E-state index contributed by atoms with van der Waals surface area (Å²) in [4.78, 5) is 6.79. The van der Waals surface area contributed by atoms with Crippen LogP contribution in [0.5, 0.6) is 0 Å². The Kier molecular flexibility index (Phi) is 2.87. The van der Waals surface area contributed by atoms with E-state index in [-0.39, 0.29) is 0 Å². The van der Waals surface area contributed by atoms with Gasteiger partial charge in [-0.3, -0.25) is 0 Å². The Hall–Kier alpha value is -1.33. The van der Waals surface area contributed by atoms with Crippen molar-refractivity contribution in [1.82, 2.24) is 19.9 Å². The predicted molar refractivity (Wildman–Crippen MR) is 72.3 cm³/mol. The van der Waals surface area contributed by atoms with E-state index in [1.165, 1.54) is 0 Å². The molecule has 0 radical (unpaired) electrons. The van der Waals surface area contributed by atoms with Crippen LogP contribution in [0.15, 0.2) is 18.3 Å². The summed E-state index contributed by atoms with van der Waals surface area (Å²) in [6.45, 7) is 6.23. The number of nitrogens with one attached hydrogen (secondary N) is 1. The zero-order valence-corrected chi connectivity index (χ0v) is 11.2. The Balaban J connectivity index is 1.97. The van der Waals surface area contributed by atoms with Crippen molar-refractivity contribution in [1.29, 1.82) is 0 Å². The zero-order valence-electron chi connectivity index (χ0n) is 10.5. The third-order valence-electron chi connectivity index (χ3n) is 3.30. The van der Waals surface area contributed by atoms with Gasteiger partial charge in [-0.05, 0) is 26.0 Å². The van der Waals surface area contributed by atoms with E-state index in [1.807, 2.05) is 12.1 Å². The molecule has 6 heteroatoms. The normalized spacial score (nSPS) is 24.7. The molecule has 1 N–H and O–H groups in total. The van der Waals surface area contributed by atoms with Gasteiger partial charge in [-0.1, -0.05) is 11.6 Å². The summed E-state index contributed by atoms with van der Waals surface area (Å²) in [5, 5.41) is 8.62. The molecule has 1 fully saturated rings. The van der Waals surface area contributed by atoms with E-state index in [2.05, 4.69) is 34.1 Å². The van der Waals surface area contributed by atoms with E-state index < -0.39 is 0 Å². The first-order chi connectivity index (χ1) is 8.63. The Morgan fingerprint density at radius 2 is 2.22 bits per heavy atom. The van der Waals surface area contributed by atoms with Crippen LogP contribution in [-0.4, -0.2) is 39.8 Å². The number of hydrogen-bond acceptors (Lipinski definition) is 4. The lowest BCUT2D eigenvalue weighted by Crippen LogP contribution is -2.54. The van der Waals surface area contributed by atoms with Crippen molar-refractivity contribution in [2.75, 3.05) is 18.0 Å². The van der Waals surface area contributed by atoms with Crippen molar-refractivity contribution >= 4 is 23.2 Å². The van der Waals surface area contributed by atoms with E-state index in [1.54, 1.807) is 10.7 Å². The van der Waals surface area contributed by atoms with Crippen LogP contribution in [0, 0.1) is 0 Å². The maximum Gasteiger partial charge on any atom is 0.246 e. The van der Waals surface area contributed by atoms with Crippen LogP contribution < -0.4 is 10.2 Å². The van der Waals surface area contributed by atoms with Crippen molar-refractivity contribution in [2.24, 2.45) is 0 Å². The lowest BCUT2D eigenvalue weighted by molar-refractivity contribution is 0.420. The number of rotatable bonds is 1. The third-order valence-corrected chi connectivity index (χ3v) is 3.53. The molecule has 2 atom stereocenters. The van der Waals surface area contributed by atoms with Gasteiger partial charge in [-0.25, -0.2) is 4.52 Å². The van der Waals surface area contributed by atoms with Crippen molar-refractivity contribution in [3.63, 3.8) is 0 Å². The first kappa shape index (κ1) is 11.7. The summed E-state index contributed by atoms with van der Waals surface area (Å²) in [5.41, 5.74) is 0.827. The molecule has 1 aliphatic heterocycles. The van der Waals surface area contributed by atoms with Crippen molar-refractivity contribution in [2.45, 2.75) is 25.9 Å². The lowest BCUT2D eigenvalue weighted by atomic mass is 10.1. The van der Waals surface area contributed by atoms with Crippen molar-refractivity contribution < 1.29 is 0 Å². The standard InChI is InChI=1S/C12H16ClN5/c1-8-6-17(9(2)5-14-8)12-15-11-4-3-10(13)7-18(11)16-12/h3-4,7-9,14H,5-6H2,1-2H3. The fourth-order valence-electron chi connectivity index (χ4n) is 2.27. The lowest BCUT2D eigenvalue weighted by Gasteiger charge is -2.36. The molecular weight excluding hydrogens is 250 g/mol. The number of pyridine rings is 1. The van der Waals surface area contributed by atoms with Crippen LogP contribution in [0.3, 0.4) is 0 Å². The Morgan fingerprint density at radius 1 is 1.39 bits per heavy atom. The van der Waals surface area contributed by atoms with E-state index in [0.29, 0.717) is 17.1 Å². The highest BCUT2D eigenvalue weighted by Gasteiger charge is 2.25. The average Bonchev–Trinajstić information content (AvgIpc) is 2.74. The van der Waals surface area contributed by atoms with Gasteiger partial charge in [0, 0.05) is 31.4 Å². The monoisotopic (exact) mass is 265 g/mol. The highest BCUT2D eigenvalue weighted by molar-refractivity contribution is 6.30. The van der Waals surface area contributed by atoms with Gasteiger partial charge in [0.05, 0.1) is 5.02 Å². The number of piperazine rings is 1. The van der Waals surface area contributed by atoms with E-state index in [0.717, 1.165) is 24.7 Å². The van der Waals surface area contributed by atoms with Gasteiger partial charge < -0.3 is 10.2 Å². The van der Waals surface area contributed by atoms with Crippen LogP contribution in [-0.2, 0) is 0 Å². The number of halogens is 1. The van der Waals surface area contributed by atoms with E-state index in [4.69, 9.17) is 11.6 Å². The second-order valence-electron chi connectivity index (χ2n) is 4.87. The average molecular weight is 266 g/mol. The largest absolute Gasteiger partial charge is 0.334 e. The molecule has 1 aliphatic rings. The van der Waals surface area contributed by atoms with Gasteiger partial charge >= 0.3 is 0 Å². The molecular formula is C12H16ClN5. The molecule has 2 unspecified atom stereocenters. The summed E-state index contributed by atoms with van der Waals surface area (Å²) in [5.74, 6) is 0.776. The highest BCUT2D eigenvalue weighted by Crippen LogP contribution is 2.18. The molecule has 0 aromatic carbocycles. The second kappa shape index (κ2) is 4.40. The highest BCUT2D eigenvalue weighted by atomic mass is 35.5. The van der Waals surface area contributed by atoms with E-state index in [9.17, 15) is 0 Å². The molecule has 0 amide bonds. The van der Waals surface area contributed by atoms with Crippen molar-refractivity contribution in [3.8, 4) is 0 Å². The van der Waals surface area contributed by atoms with E-state index >= 15 is 0 Å². The molecule has 2 aromatic rings. The van der Waals surface area contributed by atoms with Crippen LogP contribution in [0.1, 0.15) is 13.8 Å². The first-order valence-corrected chi connectivity index (χ1v) is 6.53. The summed E-state index contributed by atoms with van der Waals surface area (Å²) in [6.07, 6.45) is 1.78. The van der Waals surface area contributed by atoms with Crippen molar-refractivity contribution in [3.05, 3.63) is 23.4 Å². The summed E-state index contributed by atoms with van der Waals surface area (Å²) < 4.78 is 1.73. The number of fused-ring (bicyclic) bond motifs is 1. The van der Waals surface area contributed by atoms with Gasteiger partial charge in [-0.15, -0.1) is 5.10 Å². The summed E-state index contributed by atoms with van der Waals surface area (Å²) in [6, 6.07) is 4.57. The minimum absolute atomic E-state index is 0.397. The topological polar surface area (TPSA) is 45.5 Å². The summed E-state index contributed by atoms with van der Waals surface area (Å²) >= 11 is 5.95. The first-order valence-electron chi connectivity index (χ1n) is 6.15. The van der Waals surface area contributed by atoms with Crippen LogP contribution in [0.2, 0.25) is 5.02 Å².